The van der Waals surface area contributed by atoms with Gasteiger partial charge < -0.3 is 49.7 Å². The molecule has 3 saturated carbocycles. The van der Waals surface area contributed by atoms with E-state index in [2.05, 4.69) is 97.3 Å². The molecule has 0 amide bonds. The highest BCUT2D eigenvalue weighted by atomic mass is 28.4. The molecule has 0 bridgehead atoms. The number of hydrogen-bond donors (Lipinski definition) is 8. The van der Waals surface area contributed by atoms with Gasteiger partial charge in [-0.05, 0) is 91.9 Å². The van der Waals surface area contributed by atoms with Gasteiger partial charge in [-0.3, -0.25) is 29.3 Å². The summed E-state index contributed by atoms with van der Waals surface area (Å²) in [6, 6.07) is -0.932. The third-order valence-electron chi connectivity index (χ3n) is 15.2. The minimum absolute atomic E-state index is 0.0172. The van der Waals surface area contributed by atoms with Crippen LogP contribution >= 0.6 is 0 Å². The van der Waals surface area contributed by atoms with Gasteiger partial charge >= 0.3 is 0 Å². The maximum Gasteiger partial charge on any atom is 0.280 e. The second kappa shape index (κ2) is 16.4. The largest absolute Gasteiger partial charge is 0.455 e. The van der Waals surface area contributed by atoms with Crippen LogP contribution in [0.25, 0.3) is 33.5 Å². The van der Waals surface area contributed by atoms with Crippen LogP contribution in [0.1, 0.15) is 37.4 Å². The van der Waals surface area contributed by atoms with Crippen molar-refractivity contribution in [3.05, 3.63) is 86.5 Å². The summed E-state index contributed by atoms with van der Waals surface area (Å²) < 4.78 is 20.4. The molecule has 0 saturated heterocycles. The summed E-state index contributed by atoms with van der Waals surface area (Å²) in [5.74, 6) is -0.824. The predicted octanol–water partition coefficient (Wildman–Crippen LogP) is 3.23. The molecule has 3 fully saturated rings. The lowest BCUT2D eigenvalue weighted by molar-refractivity contribution is 0.220. The van der Waals surface area contributed by atoms with Crippen molar-refractivity contribution in [3.63, 3.8) is 0 Å². The summed E-state index contributed by atoms with van der Waals surface area (Å²) in [5.41, 5.74) is 20.6. The molecule has 3 aliphatic carbocycles. The van der Waals surface area contributed by atoms with Crippen LogP contribution < -0.4 is 33.9 Å². The third kappa shape index (κ3) is 7.64. The van der Waals surface area contributed by atoms with E-state index < -0.39 is 41.6 Å². The fraction of sp³-hybridized carbons (Fsp3) is 0.500. The maximum absolute atomic E-state index is 12.9. The number of aromatic nitrogens is 12. The number of nitrogens with two attached hydrogens (primary N) is 3. The molecule has 6 aromatic heterocycles. The Hall–Kier alpha value is -5.84. The van der Waals surface area contributed by atoms with E-state index >= 15 is 0 Å². The van der Waals surface area contributed by atoms with Crippen LogP contribution in [0.3, 0.4) is 0 Å². The lowest BCUT2D eigenvalue weighted by Crippen LogP contribution is -2.52. The van der Waals surface area contributed by atoms with Gasteiger partial charge in [0.1, 0.15) is 0 Å². The Bertz CT molecular complexity index is 3170. The minimum Gasteiger partial charge on any atom is -0.455 e. The van der Waals surface area contributed by atoms with Gasteiger partial charge in [-0.25, -0.2) is 15.0 Å². The number of anilines is 3. The number of aliphatic hydroxyl groups is 2. The molecule has 9 atom stereocenters. The van der Waals surface area contributed by atoms with Crippen molar-refractivity contribution < 1.29 is 18.8 Å². The van der Waals surface area contributed by atoms with Crippen molar-refractivity contribution in [2.24, 2.45) is 17.8 Å². The predicted molar refractivity (Wildman–Crippen MR) is 261 cm³/mol. The first-order valence-electron chi connectivity index (χ1n) is 22.4. The van der Waals surface area contributed by atoms with Gasteiger partial charge in [0.15, 0.2) is 58.4 Å². The highest BCUT2D eigenvalue weighted by Gasteiger charge is 2.56. The molecule has 11 N–H and O–H groups in total. The summed E-state index contributed by atoms with van der Waals surface area (Å²) in [7, 11) is -8.27. The number of imidazole rings is 3. The number of nitrogens with one attached hydrogen (secondary N) is 3. The molecule has 0 unspecified atom stereocenters. The van der Waals surface area contributed by atoms with E-state index in [1.54, 1.807) is 19.0 Å². The van der Waals surface area contributed by atoms with E-state index in [0.717, 1.165) is 16.7 Å². The van der Waals surface area contributed by atoms with Gasteiger partial charge in [0.05, 0.1) is 37.1 Å². The first-order chi connectivity index (χ1) is 31.6. The van der Waals surface area contributed by atoms with E-state index in [9.17, 15) is 24.6 Å². The zero-order valence-electron chi connectivity index (χ0n) is 38.5. The molecular weight excluding hydrogens is 911 g/mol. The number of nitrogens with zero attached hydrogens (tertiary/aromatic N) is 9. The lowest BCUT2D eigenvalue weighted by atomic mass is 10.0. The van der Waals surface area contributed by atoms with Gasteiger partial charge in [0.2, 0.25) is 17.8 Å². The topological polar surface area (TPSA) is 328 Å². The number of aliphatic hydroxyl groups excluding tert-OH is 2. The first-order valence-corrected chi connectivity index (χ1v) is 31.3. The summed E-state index contributed by atoms with van der Waals surface area (Å²) in [4.78, 5) is 72.4. The first kappa shape index (κ1) is 46.3. The Balaban J connectivity index is 1.02. The van der Waals surface area contributed by atoms with Crippen molar-refractivity contribution in [3.8, 4) is 0 Å². The van der Waals surface area contributed by atoms with Crippen molar-refractivity contribution in [2.45, 2.75) is 93.3 Å². The highest BCUT2D eigenvalue weighted by molar-refractivity contribution is 6.86. The summed E-state index contributed by atoms with van der Waals surface area (Å²) >= 11 is 0. The summed E-state index contributed by atoms with van der Waals surface area (Å²) in [5, 5.41) is 21.8. The SMILES string of the molecule is C=C1[C@H](CO)[C@@H]([Si](C)(C)OC[C@H]2C(=C)[C@@H](n3cnc4c(=O)[nH]c(N)nc43)C[C@@H]2[Si](C)(C)O[Si](C)(C)[C@H]2C[C@H](n3cnc4c(=O)[nH]c(N)nc43)C(=C)[C@@H]2CO)C[C@@H]1n1cnc2c(=O)[nH]c(N)nc21. The van der Waals surface area contributed by atoms with Crippen LogP contribution in [-0.2, 0) is 8.54 Å². The average molecular weight is 970 g/mol. The van der Waals surface area contributed by atoms with E-state index in [1.807, 2.05) is 13.7 Å². The quantitative estimate of drug-likeness (QED) is 0.0608. The van der Waals surface area contributed by atoms with Crippen molar-refractivity contribution in [1.29, 1.82) is 0 Å². The Morgan fingerprint density at radius 3 is 1.24 bits per heavy atom. The molecule has 3 aliphatic rings. The van der Waals surface area contributed by atoms with Crippen LogP contribution in [0.2, 0.25) is 55.9 Å². The average Bonchev–Trinajstić information content (AvgIpc) is 4.10. The van der Waals surface area contributed by atoms with Crippen LogP contribution in [0.5, 0.6) is 0 Å². The molecule has 22 nitrogen and oxygen atoms in total. The van der Waals surface area contributed by atoms with Crippen LogP contribution in [0.15, 0.2) is 69.8 Å². The second-order valence-corrected chi connectivity index (χ2v) is 33.0. The Morgan fingerprint density at radius 1 is 0.582 bits per heavy atom. The van der Waals surface area contributed by atoms with Gasteiger partial charge in [-0.15, -0.1) is 0 Å². The molecule has 0 aromatic carbocycles. The molecule has 67 heavy (non-hydrogen) atoms. The van der Waals surface area contributed by atoms with Gasteiger partial charge in [0.25, 0.3) is 16.7 Å². The van der Waals surface area contributed by atoms with Gasteiger partial charge in [0, 0.05) is 37.6 Å². The molecule has 9 rings (SSSR count). The molecule has 6 heterocycles. The van der Waals surface area contributed by atoms with Crippen LogP contribution in [0.4, 0.5) is 17.8 Å². The number of fused-ring (bicyclic) bond motifs is 3. The fourth-order valence-corrected chi connectivity index (χ4v) is 25.5. The molecule has 356 valence electrons. The molecule has 25 heteroatoms. The monoisotopic (exact) mass is 969 g/mol. The Labute approximate surface area is 386 Å². The smallest absolute Gasteiger partial charge is 0.280 e. The Kier molecular flexibility index (Phi) is 11.4. The second-order valence-electron chi connectivity index (χ2n) is 20.0. The van der Waals surface area contributed by atoms with Crippen LogP contribution in [0, 0.1) is 17.8 Å². The number of hydrogen-bond acceptors (Lipinski definition) is 16. The molecule has 0 aliphatic heterocycles. The summed E-state index contributed by atoms with van der Waals surface area (Å²) in [6.07, 6.45) is 6.57. The van der Waals surface area contributed by atoms with Crippen molar-refractivity contribution >= 4 is 76.3 Å². The summed E-state index contributed by atoms with van der Waals surface area (Å²) in [6.45, 7) is 26.9. The number of aromatic amines is 3. The maximum atomic E-state index is 12.9. The van der Waals surface area contributed by atoms with E-state index in [1.165, 1.54) is 0 Å². The molecule has 0 spiro atoms. The molecule has 0 radical (unpaired) electrons. The van der Waals surface area contributed by atoms with E-state index in [0.29, 0.717) is 42.8 Å². The van der Waals surface area contributed by atoms with Crippen molar-refractivity contribution in [1.82, 2.24) is 58.6 Å². The zero-order valence-corrected chi connectivity index (χ0v) is 41.5. The number of rotatable bonds is 13. The zero-order chi connectivity index (χ0) is 48.2. The van der Waals surface area contributed by atoms with Gasteiger partial charge in [-0.1, -0.05) is 19.7 Å². The van der Waals surface area contributed by atoms with Crippen LogP contribution in [-0.4, -0.2) is 114 Å². The van der Waals surface area contributed by atoms with E-state index in [-0.39, 0.29) is 100 Å². The molecular formula is C42H59N15O7Si3. The number of nitrogen functional groups attached to an aromatic ring is 3. The lowest BCUT2D eigenvalue weighted by Gasteiger charge is -2.44. The standard InChI is InChI=1S/C42H59N15O7Si3/c1-19-22(13-58)28(10-25(19)55-16-46-31-34(55)49-40(43)52-37(31)60)65(4,5)63-15-24-21(3)27(57-18-48-33-36(57)51-42(45)54-39(33)62)12-30(24)67(8,9)64-66(6,7)29-11-26(20(2)23(29)14-59)56-17-47-32-35(56)50-41(44)53-38(32)61/h16-18,22-30,58-59H,1-3,10-15H2,4-9H3,(H3,43,49,52,60)(H3,44,50,53,61)(H3,45,51,54,62)/t22-,23-,24-,25-,26-,27-,28-,29-,30-/m0/s1. The number of H-pyrrole nitrogens is 3. The molecule has 6 aromatic rings. The highest BCUT2D eigenvalue weighted by Crippen LogP contribution is 2.57. The van der Waals surface area contributed by atoms with Gasteiger partial charge in [-0.2, -0.15) is 15.0 Å². The third-order valence-corrected chi connectivity index (χ3v) is 27.6. The Morgan fingerprint density at radius 2 is 0.896 bits per heavy atom. The minimum atomic E-state index is -2.80. The normalized spacial score (nSPS) is 26.3. The van der Waals surface area contributed by atoms with E-state index in [4.69, 9.17) is 32.3 Å². The fourth-order valence-electron chi connectivity index (χ4n) is 11.8. The van der Waals surface area contributed by atoms with Crippen molar-refractivity contribution in [2.75, 3.05) is 37.0 Å².